The minimum atomic E-state index is 0.319. The summed E-state index contributed by atoms with van der Waals surface area (Å²) in [6.45, 7) is 3.76. The molecule has 8 nitrogen and oxygen atoms in total. The van der Waals surface area contributed by atoms with E-state index in [9.17, 15) is 0 Å². The van der Waals surface area contributed by atoms with Gasteiger partial charge in [-0.2, -0.15) is 20.6 Å². The second-order valence-electron chi connectivity index (χ2n) is 6.45. The third kappa shape index (κ3) is 3.55. The molecule has 2 aromatic heterocycles. The van der Waals surface area contributed by atoms with Gasteiger partial charge in [0, 0.05) is 5.69 Å². The maximum Gasteiger partial charge on any atom is 0.250 e. The highest BCUT2D eigenvalue weighted by atomic mass is 16.5. The Morgan fingerprint density at radius 3 is 2.31 bits per heavy atom. The number of nitrogens with one attached hydrogen (secondary N) is 2. The van der Waals surface area contributed by atoms with E-state index in [0.717, 1.165) is 16.8 Å². The quantitative estimate of drug-likeness (QED) is 0.541. The Bertz CT molecular complexity index is 1270. The van der Waals surface area contributed by atoms with Crippen molar-refractivity contribution in [2.24, 2.45) is 0 Å². The van der Waals surface area contributed by atoms with Crippen molar-refractivity contribution >= 4 is 22.7 Å². The molecular formula is C21H15N7O. The first kappa shape index (κ1) is 18.0. The molecule has 4 rings (SSSR count). The Balaban J connectivity index is 1.72. The van der Waals surface area contributed by atoms with Gasteiger partial charge in [-0.3, -0.25) is 5.10 Å². The SMILES string of the molecule is Cc1cc(C#N)cc(C)c1Oc1nc(Nc2ccc(C#N)cc2)nc2cn[nH]c12. The van der Waals surface area contributed by atoms with Crippen molar-refractivity contribution in [1.29, 1.82) is 10.5 Å². The van der Waals surface area contributed by atoms with E-state index in [-0.39, 0.29) is 0 Å². The van der Waals surface area contributed by atoms with Gasteiger partial charge in [-0.05, 0) is 61.4 Å². The number of hydrogen-bond acceptors (Lipinski definition) is 7. The van der Waals surface area contributed by atoms with Crippen LogP contribution in [0.2, 0.25) is 0 Å². The molecule has 0 amide bonds. The van der Waals surface area contributed by atoms with Gasteiger partial charge in [0.1, 0.15) is 16.8 Å². The number of nitriles is 2. The highest BCUT2D eigenvalue weighted by Gasteiger charge is 2.15. The van der Waals surface area contributed by atoms with Crippen LogP contribution in [0, 0.1) is 36.5 Å². The summed E-state index contributed by atoms with van der Waals surface area (Å²) in [4.78, 5) is 8.93. The summed E-state index contributed by atoms with van der Waals surface area (Å²) in [5.41, 5.74) is 4.70. The number of aromatic amines is 1. The molecule has 4 aromatic rings. The van der Waals surface area contributed by atoms with E-state index >= 15 is 0 Å². The molecule has 0 atom stereocenters. The minimum absolute atomic E-state index is 0.319. The first-order valence-electron chi connectivity index (χ1n) is 8.75. The van der Waals surface area contributed by atoms with Gasteiger partial charge < -0.3 is 10.1 Å². The van der Waals surface area contributed by atoms with Crippen molar-refractivity contribution in [3.05, 3.63) is 64.8 Å². The van der Waals surface area contributed by atoms with Crippen LogP contribution in [-0.2, 0) is 0 Å². The van der Waals surface area contributed by atoms with Crippen LogP contribution in [-0.4, -0.2) is 20.2 Å². The summed E-state index contributed by atoms with van der Waals surface area (Å²) < 4.78 is 6.11. The number of ether oxygens (including phenoxy) is 1. The third-order valence-corrected chi connectivity index (χ3v) is 4.33. The largest absolute Gasteiger partial charge is 0.436 e. The number of rotatable bonds is 4. The van der Waals surface area contributed by atoms with Crippen molar-refractivity contribution in [2.75, 3.05) is 5.32 Å². The molecule has 2 heterocycles. The zero-order valence-corrected chi connectivity index (χ0v) is 15.7. The maximum absolute atomic E-state index is 9.14. The van der Waals surface area contributed by atoms with Crippen molar-refractivity contribution in [3.8, 4) is 23.8 Å². The first-order chi connectivity index (χ1) is 14.1. The molecule has 0 bridgehead atoms. The monoisotopic (exact) mass is 381 g/mol. The molecule has 0 spiro atoms. The Kier molecular flexibility index (Phi) is 4.52. The average molecular weight is 381 g/mol. The van der Waals surface area contributed by atoms with Crippen molar-refractivity contribution in [1.82, 2.24) is 20.2 Å². The molecule has 8 heteroatoms. The molecule has 29 heavy (non-hydrogen) atoms. The molecule has 0 aliphatic heterocycles. The predicted molar refractivity (Wildman–Crippen MR) is 107 cm³/mol. The molecule has 0 aliphatic carbocycles. The molecule has 0 saturated carbocycles. The van der Waals surface area contributed by atoms with Gasteiger partial charge >= 0.3 is 0 Å². The van der Waals surface area contributed by atoms with E-state index in [2.05, 4.69) is 37.6 Å². The van der Waals surface area contributed by atoms with E-state index in [1.165, 1.54) is 0 Å². The van der Waals surface area contributed by atoms with E-state index in [1.54, 1.807) is 42.6 Å². The number of hydrogen-bond donors (Lipinski definition) is 2. The van der Waals surface area contributed by atoms with Crippen LogP contribution in [0.4, 0.5) is 11.6 Å². The molecule has 0 unspecified atom stereocenters. The summed E-state index contributed by atoms with van der Waals surface area (Å²) in [6.07, 6.45) is 1.59. The van der Waals surface area contributed by atoms with Gasteiger partial charge in [-0.25, -0.2) is 4.98 Å². The normalized spacial score (nSPS) is 10.3. The van der Waals surface area contributed by atoms with Gasteiger partial charge in [0.25, 0.3) is 0 Å². The summed E-state index contributed by atoms with van der Waals surface area (Å²) in [7, 11) is 0. The standard InChI is InChI=1S/C21H15N7O/c1-12-7-15(10-23)8-13(2)19(12)29-20-18-17(11-24-28-18)26-21(27-20)25-16-5-3-14(9-22)4-6-16/h3-8,11H,1-2H3,(H,24,28)(H,25,26,27). The lowest BCUT2D eigenvalue weighted by atomic mass is 10.1. The highest BCUT2D eigenvalue weighted by Crippen LogP contribution is 2.32. The lowest BCUT2D eigenvalue weighted by molar-refractivity contribution is 0.460. The Labute approximate surface area is 166 Å². The molecule has 0 aliphatic rings. The maximum atomic E-state index is 9.14. The molecule has 140 valence electrons. The number of benzene rings is 2. The number of H-pyrrole nitrogens is 1. The van der Waals surface area contributed by atoms with Crippen LogP contribution >= 0.6 is 0 Å². The number of nitrogens with zero attached hydrogens (tertiary/aromatic N) is 5. The molecule has 0 saturated heterocycles. The van der Waals surface area contributed by atoms with Crippen LogP contribution < -0.4 is 10.1 Å². The van der Waals surface area contributed by atoms with Crippen LogP contribution in [0.3, 0.4) is 0 Å². The zero-order valence-electron chi connectivity index (χ0n) is 15.7. The Morgan fingerprint density at radius 2 is 1.66 bits per heavy atom. The molecule has 0 radical (unpaired) electrons. The van der Waals surface area contributed by atoms with Crippen LogP contribution in [0.25, 0.3) is 11.0 Å². The average Bonchev–Trinajstić information content (AvgIpc) is 3.20. The van der Waals surface area contributed by atoms with E-state index in [1.807, 2.05) is 13.8 Å². The lowest BCUT2D eigenvalue weighted by Gasteiger charge is -2.13. The third-order valence-electron chi connectivity index (χ3n) is 4.33. The van der Waals surface area contributed by atoms with Gasteiger partial charge in [0.05, 0.1) is 29.5 Å². The number of fused-ring (bicyclic) bond motifs is 1. The highest BCUT2D eigenvalue weighted by molar-refractivity contribution is 5.80. The second-order valence-corrected chi connectivity index (χ2v) is 6.45. The first-order valence-corrected chi connectivity index (χ1v) is 8.75. The smallest absolute Gasteiger partial charge is 0.250 e. The minimum Gasteiger partial charge on any atom is -0.436 e. The summed E-state index contributed by atoms with van der Waals surface area (Å²) >= 11 is 0. The van der Waals surface area contributed by atoms with Crippen molar-refractivity contribution < 1.29 is 4.74 Å². The fourth-order valence-corrected chi connectivity index (χ4v) is 2.97. The van der Waals surface area contributed by atoms with E-state index in [0.29, 0.717) is 39.7 Å². The lowest BCUT2D eigenvalue weighted by Crippen LogP contribution is -2.01. The number of anilines is 2. The molecule has 2 N–H and O–H groups in total. The summed E-state index contributed by atoms with van der Waals surface area (Å²) in [5.74, 6) is 1.28. The fraction of sp³-hybridized carbons (Fsp3) is 0.0952. The van der Waals surface area contributed by atoms with Gasteiger partial charge in [-0.15, -0.1) is 0 Å². The second kappa shape index (κ2) is 7.29. The summed E-state index contributed by atoms with van der Waals surface area (Å²) in [5, 5.41) is 28.1. The topological polar surface area (TPSA) is 123 Å². The van der Waals surface area contributed by atoms with Gasteiger partial charge in [0.2, 0.25) is 11.8 Å². The van der Waals surface area contributed by atoms with Crippen LogP contribution in [0.15, 0.2) is 42.6 Å². The van der Waals surface area contributed by atoms with E-state index < -0.39 is 0 Å². The van der Waals surface area contributed by atoms with Crippen LogP contribution in [0.1, 0.15) is 22.3 Å². The fourth-order valence-electron chi connectivity index (χ4n) is 2.97. The number of aryl methyl sites for hydroxylation is 2. The Morgan fingerprint density at radius 1 is 0.966 bits per heavy atom. The van der Waals surface area contributed by atoms with Gasteiger partial charge in [-0.1, -0.05) is 0 Å². The Hall–Kier alpha value is -4.43. The van der Waals surface area contributed by atoms with Gasteiger partial charge in [0.15, 0.2) is 0 Å². The van der Waals surface area contributed by atoms with E-state index in [4.69, 9.17) is 15.3 Å². The van der Waals surface area contributed by atoms with Crippen LogP contribution in [0.5, 0.6) is 11.6 Å². The molecular weight excluding hydrogens is 366 g/mol. The molecule has 2 aromatic carbocycles. The molecule has 0 fully saturated rings. The van der Waals surface area contributed by atoms with Crippen molar-refractivity contribution in [2.45, 2.75) is 13.8 Å². The summed E-state index contributed by atoms with van der Waals surface area (Å²) in [6, 6.07) is 14.7. The predicted octanol–water partition coefficient (Wildman–Crippen LogP) is 4.25. The zero-order chi connectivity index (χ0) is 20.4. The number of aromatic nitrogens is 4. The van der Waals surface area contributed by atoms with Crippen molar-refractivity contribution in [3.63, 3.8) is 0 Å².